The average Bonchev–Trinajstić information content (AvgIpc) is 1.84. The number of carboxylic acid groups (broad SMARTS) is 2. The van der Waals surface area contributed by atoms with Crippen LogP contribution in [0.25, 0.3) is 0 Å². The molecule has 0 aliphatic carbocycles. The second-order valence-corrected chi connectivity index (χ2v) is 1.53. The van der Waals surface area contributed by atoms with Gasteiger partial charge in [-0.2, -0.15) is 0 Å². The molecule has 0 aromatic rings. The van der Waals surface area contributed by atoms with Crippen LogP contribution in [0.3, 0.4) is 0 Å². The van der Waals surface area contributed by atoms with Crippen molar-refractivity contribution in [1.29, 1.82) is 0 Å². The fraction of sp³-hybridized carbons (Fsp3) is 0.500. The molecule has 8 heteroatoms. The number of carbonyl (C=O) groups is 2. The van der Waals surface area contributed by atoms with Gasteiger partial charge in [-0.25, -0.2) is 0 Å². The van der Waals surface area contributed by atoms with Gasteiger partial charge >= 0.3 is 51.4 Å². The molecule has 0 aliphatic heterocycles. The van der Waals surface area contributed by atoms with Gasteiger partial charge in [0, 0.05) is 0 Å². The Morgan fingerprint density at radius 3 is 1.25 bits per heavy atom. The molecule has 0 saturated heterocycles. The first-order valence-electron chi connectivity index (χ1n) is 2.24. The van der Waals surface area contributed by atoms with Crippen LogP contribution in [0.5, 0.6) is 0 Å². The predicted molar refractivity (Wildman–Crippen MR) is 25.6 cm³/mol. The number of rotatable bonds is 3. The van der Waals surface area contributed by atoms with Crippen LogP contribution in [-0.4, -0.2) is 39.8 Å². The number of carbonyl (C=O) groups excluding carboxylic acids is 2. The maximum atomic E-state index is 9.63. The van der Waals surface area contributed by atoms with E-state index in [1.54, 1.807) is 0 Å². The van der Waals surface area contributed by atoms with Gasteiger partial charge in [-0.15, -0.1) is 0 Å². The van der Waals surface area contributed by atoms with E-state index in [4.69, 9.17) is 10.2 Å². The summed E-state index contributed by atoms with van der Waals surface area (Å²) in [5.74, 6) is -4.12. The Hall–Kier alpha value is 0.456. The summed E-state index contributed by atoms with van der Waals surface area (Å²) in [7, 11) is 0. The van der Waals surface area contributed by atoms with Gasteiger partial charge in [-0.1, -0.05) is 0 Å². The van der Waals surface area contributed by atoms with Crippen molar-refractivity contribution in [1.82, 2.24) is 0 Å². The Bertz CT molecular complexity index is 139. The number of aliphatic carboxylic acids is 2. The van der Waals surface area contributed by atoms with Gasteiger partial charge in [-0.05, 0) is 0 Å². The van der Waals surface area contributed by atoms with Crippen LogP contribution in [0, 0.1) is 0 Å². The van der Waals surface area contributed by atoms with E-state index in [9.17, 15) is 19.8 Å². The minimum atomic E-state index is -2.44. The fourth-order valence-electron chi connectivity index (χ4n) is 0.258. The summed E-state index contributed by atoms with van der Waals surface area (Å²) < 4.78 is 0. The van der Waals surface area contributed by atoms with E-state index in [1.165, 1.54) is 0 Å². The zero-order valence-corrected chi connectivity index (χ0v) is 9.31. The van der Waals surface area contributed by atoms with Gasteiger partial charge in [0.25, 0.3) is 0 Å². The van der Waals surface area contributed by atoms with E-state index >= 15 is 0 Å². The Balaban J connectivity index is -0.000000405. The van der Waals surface area contributed by atoms with Crippen molar-refractivity contribution in [2.45, 2.75) is 12.2 Å². The van der Waals surface area contributed by atoms with Crippen molar-refractivity contribution < 1.29 is 86.9 Å². The summed E-state index contributed by atoms with van der Waals surface area (Å²) in [5.41, 5.74) is 0. The summed E-state index contributed by atoms with van der Waals surface area (Å²) >= 11 is 0. The van der Waals surface area contributed by atoms with E-state index in [-0.39, 0.29) is 56.9 Å². The molecule has 12 heavy (non-hydrogen) atoms. The largest absolute Gasteiger partial charge is 1.00 e. The number of carboxylic acids is 2. The molecule has 4 N–H and O–H groups in total. The van der Waals surface area contributed by atoms with Crippen LogP contribution in [0.1, 0.15) is 0 Å². The normalized spacial score (nSPS) is 13.2. The monoisotopic (exact) mass is 205 g/mol. The topological polar surface area (TPSA) is 152 Å². The molecule has 66 valence electrons. The second-order valence-electron chi connectivity index (χ2n) is 1.53. The van der Waals surface area contributed by atoms with Crippen molar-refractivity contribution in [3.8, 4) is 0 Å². The maximum Gasteiger partial charge on any atom is 1.00 e. The molecule has 0 spiro atoms. The molecule has 0 rings (SSSR count). The molecule has 2 atom stereocenters. The third-order valence-electron chi connectivity index (χ3n) is 0.782. The molecular weight excluding hydrogens is 199 g/mol. The first kappa shape index (κ1) is 18.3. The standard InChI is InChI=1S/C4H6O6.K.H2O/c5-1(3(7)8)2(6)4(9)10;;/h1-2,5-6H,(H,7,8)(H,9,10);;1H2/q;+1;/p-2. The molecule has 0 heterocycles. The average molecular weight is 205 g/mol. The van der Waals surface area contributed by atoms with Crippen LogP contribution in [0.4, 0.5) is 0 Å². The van der Waals surface area contributed by atoms with Gasteiger partial charge in [0.2, 0.25) is 0 Å². The smallest absolute Gasteiger partial charge is 0.547 e. The molecule has 2 unspecified atom stereocenters. The van der Waals surface area contributed by atoms with Crippen LogP contribution < -0.4 is 61.6 Å². The summed E-state index contributed by atoms with van der Waals surface area (Å²) in [5, 5.41) is 35.7. The summed E-state index contributed by atoms with van der Waals surface area (Å²) in [4.78, 5) is 19.3. The van der Waals surface area contributed by atoms with E-state index < -0.39 is 24.1 Å². The van der Waals surface area contributed by atoms with Crippen molar-refractivity contribution in [3.05, 3.63) is 0 Å². The van der Waals surface area contributed by atoms with E-state index in [1.807, 2.05) is 0 Å². The summed E-state index contributed by atoms with van der Waals surface area (Å²) in [6, 6.07) is 0. The Kier molecular flexibility index (Phi) is 12.3. The van der Waals surface area contributed by atoms with Crippen molar-refractivity contribution in [2.75, 3.05) is 0 Å². The third-order valence-corrected chi connectivity index (χ3v) is 0.782. The van der Waals surface area contributed by atoms with Gasteiger partial charge in [0.15, 0.2) is 0 Å². The van der Waals surface area contributed by atoms with Crippen LogP contribution >= 0.6 is 0 Å². The third kappa shape index (κ3) is 6.03. The zero-order valence-electron chi connectivity index (χ0n) is 6.18. The van der Waals surface area contributed by atoms with E-state index in [0.717, 1.165) is 0 Å². The molecule has 0 amide bonds. The number of hydrogen-bond donors (Lipinski definition) is 2. The molecule has 0 saturated carbocycles. The summed E-state index contributed by atoms with van der Waals surface area (Å²) in [6.07, 6.45) is -4.88. The molecule has 0 radical (unpaired) electrons. The van der Waals surface area contributed by atoms with Crippen LogP contribution in [0.15, 0.2) is 0 Å². The number of aliphatic hydroxyl groups excluding tert-OH is 2. The quantitative estimate of drug-likeness (QED) is 0.436. The SMILES string of the molecule is O.O=C([O-])C(O)C(O)C(=O)[O-].[K+]. The Labute approximate surface area is 110 Å². The van der Waals surface area contributed by atoms with Gasteiger partial charge < -0.3 is 35.5 Å². The molecule has 0 aliphatic rings. The number of aliphatic hydroxyl groups is 2. The maximum absolute atomic E-state index is 9.63. The molecule has 0 bridgehead atoms. The minimum Gasteiger partial charge on any atom is -0.547 e. The molecule has 0 aromatic carbocycles. The van der Waals surface area contributed by atoms with Crippen LogP contribution in [0.2, 0.25) is 0 Å². The summed E-state index contributed by atoms with van der Waals surface area (Å²) in [6.45, 7) is 0. The van der Waals surface area contributed by atoms with Gasteiger partial charge in [0.05, 0.1) is 11.9 Å². The van der Waals surface area contributed by atoms with Crippen molar-refractivity contribution in [2.24, 2.45) is 0 Å². The van der Waals surface area contributed by atoms with Crippen molar-refractivity contribution in [3.63, 3.8) is 0 Å². The molecule has 7 nitrogen and oxygen atoms in total. The second kappa shape index (κ2) is 8.07. The zero-order chi connectivity index (χ0) is 8.31. The fourth-order valence-corrected chi connectivity index (χ4v) is 0.258. The first-order chi connectivity index (χ1) is 4.46. The van der Waals surface area contributed by atoms with Crippen LogP contribution in [-0.2, 0) is 9.59 Å². The minimum absolute atomic E-state index is 0. The molecule has 0 fully saturated rings. The first-order valence-corrected chi connectivity index (χ1v) is 2.24. The predicted octanol–water partition coefficient (Wildman–Crippen LogP) is -8.61. The Morgan fingerprint density at radius 2 is 1.17 bits per heavy atom. The van der Waals surface area contributed by atoms with Gasteiger partial charge in [-0.3, -0.25) is 0 Å². The molecule has 0 aromatic heterocycles. The van der Waals surface area contributed by atoms with Gasteiger partial charge in [0.1, 0.15) is 12.2 Å². The van der Waals surface area contributed by atoms with E-state index in [2.05, 4.69) is 0 Å². The Morgan fingerprint density at radius 1 is 1.00 bits per heavy atom. The number of hydrogen-bond acceptors (Lipinski definition) is 6. The molecular formula is C4H6KO7-. The van der Waals surface area contributed by atoms with Crippen molar-refractivity contribution >= 4 is 11.9 Å². The van der Waals surface area contributed by atoms with E-state index in [0.29, 0.717) is 0 Å².